The van der Waals surface area contributed by atoms with Crippen molar-refractivity contribution in [3.05, 3.63) is 58.4 Å². The average molecular weight is 361 g/mol. The molecule has 1 fully saturated rings. The quantitative estimate of drug-likeness (QED) is 0.872. The molecular formula is C19H18ClFN2O2. The van der Waals surface area contributed by atoms with Gasteiger partial charge in [-0.25, -0.2) is 4.39 Å². The van der Waals surface area contributed by atoms with E-state index in [1.54, 1.807) is 17.0 Å². The van der Waals surface area contributed by atoms with Crippen LogP contribution in [0.5, 0.6) is 0 Å². The van der Waals surface area contributed by atoms with E-state index in [0.29, 0.717) is 18.7 Å². The Morgan fingerprint density at radius 1 is 1.24 bits per heavy atom. The van der Waals surface area contributed by atoms with Gasteiger partial charge in [0.2, 0.25) is 5.91 Å². The second-order valence-electron chi connectivity index (χ2n) is 6.05. The lowest BCUT2D eigenvalue weighted by Crippen LogP contribution is -2.35. The lowest BCUT2D eigenvalue weighted by atomic mass is 10.1. The van der Waals surface area contributed by atoms with E-state index >= 15 is 0 Å². The molecule has 25 heavy (non-hydrogen) atoms. The topological polar surface area (TPSA) is 49.4 Å². The smallest absolute Gasteiger partial charge is 0.260 e. The molecule has 130 valence electrons. The minimum atomic E-state index is -0.677. The Balaban J connectivity index is 1.87. The number of carbonyl (C=O) groups excluding carboxylic acids is 2. The Hall–Kier alpha value is -2.40. The molecule has 0 saturated carbocycles. The highest BCUT2D eigenvalue weighted by atomic mass is 35.5. The molecule has 0 atom stereocenters. The Kier molecular flexibility index (Phi) is 5.04. The van der Waals surface area contributed by atoms with Crippen molar-refractivity contribution in [2.24, 2.45) is 0 Å². The summed E-state index contributed by atoms with van der Waals surface area (Å²) >= 11 is 5.93. The molecule has 1 aliphatic heterocycles. The van der Waals surface area contributed by atoms with E-state index in [-0.39, 0.29) is 16.5 Å². The van der Waals surface area contributed by atoms with Gasteiger partial charge in [-0.3, -0.25) is 9.59 Å². The van der Waals surface area contributed by atoms with Gasteiger partial charge in [-0.05, 0) is 49.6 Å². The Morgan fingerprint density at radius 3 is 2.76 bits per heavy atom. The molecule has 0 bridgehead atoms. The van der Waals surface area contributed by atoms with Crippen molar-refractivity contribution in [2.45, 2.75) is 26.2 Å². The summed E-state index contributed by atoms with van der Waals surface area (Å²) in [6.45, 7) is 2.58. The minimum Gasteiger partial charge on any atom is -0.322 e. The van der Waals surface area contributed by atoms with Crippen molar-refractivity contribution in [1.82, 2.24) is 0 Å². The van der Waals surface area contributed by atoms with Crippen molar-refractivity contribution >= 4 is 34.8 Å². The third-order valence-corrected chi connectivity index (χ3v) is 4.59. The van der Waals surface area contributed by atoms with Crippen LogP contribution >= 0.6 is 11.6 Å². The molecule has 1 aliphatic rings. The van der Waals surface area contributed by atoms with Gasteiger partial charge in [0.1, 0.15) is 5.82 Å². The van der Waals surface area contributed by atoms with Crippen LogP contribution in [0.3, 0.4) is 0 Å². The number of amides is 2. The molecule has 0 aromatic heterocycles. The highest BCUT2D eigenvalue weighted by Gasteiger charge is 2.22. The number of halogens is 2. The van der Waals surface area contributed by atoms with Crippen LogP contribution in [0.4, 0.5) is 15.8 Å². The maximum Gasteiger partial charge on any atom is 0.260 e. The third kappa shape index (κ3) is 3.66. The number of hydrogen-bond donors (Lipinski definition) is 1. The van der Waals surface area contributed by atoms with Gasteiger partial charge >= 0.3 is 0 Å². The lowest BCUT2D eigenvalue weighted by Gasteiger charge is -2.28. The summed E-state index contributed by atoms with van der Waals surface area (Å²) in [5, 5.41) is 2.71. The van der Waals surface area contributed by atoms with E-state index in [4.69, 9.17) is 11.6 Å². The van der Waals surface area contributed by atoms with Gasteiger partial charge in [0, 0.05) is 24.3 Å². The van der Waals surface area contributed by atoms with Crippen LogP contribution in [0.15, 0.2) is 36.4 Å². The van der Waals surface area contributed by atoms with Crippen molar-refractivity contribution in [3.63, 3.8) is 0 Å². The molecule has 1 N–H and O–H groups in total. The fourth-order valence-electron chi connectivity index (χ4n) is 2.95. The van der Waals surface area contributed by atoms with Crippen molar-refractivity contribution in [1.29, 1.82) is 0 Å². The van der Waals surface area contributed by atoms with Gasteiger partial charge in [0.15, 0.2) is 0 Å². The number of nitrogens with one attached hydrogen (secondary N) is 1. The van der Waals surface area contributed by atoms with E-state index in [1.807, 2.05) is 13.0 Å². The van der Waals surface area contributed by atoms with Crippen LogP contribution in [-0.4, -0.2) is 18.4 Å². The molecule has 2 aromatic carbocycles. The van der Waals surface area contributed by atoms with Crippen LogP contribution in [-0.2, 0) is 4.79 Å². The van der Waals surface area contributed by atoms with Crippen LogP contribution in [0.1, 0.15) is 35.2 Å². The number of nitrogens with zero attached hydrogens (tertiary/aromatic N) is 1. The molecule has 2 amide bonds. The van der Waals surface area contributed by atoms with Crippen LogP contribution in [0.2, 0.25) is 5.02 Å². The largest absolute Gasteiger partial charge is 0.322 e. The number of rotatable bonds is 3. The van der Waals surface area contributed by atoms with Crippen LogP contribution < -0.4 is 10.2 Å². The van der Waals surface area contributed by atoms with Gasteiger partial charge in [0.05, 0.1) is 10.6 Å². The highest BCUT2D eigenvalue weighted by Crippen LogP contribution is 2.28. The number of anilines is 2. The first-order valence-electron chi connectivity index (χ1n) is 8.14. The zero-order valence-electron chi connectivity index (χ0n) is 13.8. The molecular weight excluding hydrogens is 343 g/mol. The summed E-state index contributed by atoms with van der Waals surface area (Å²) in [7, 11) is 0. The maximum atomic E-state index is 13.9. The Labute approximate surface area is 150 Å². The van der Waals surface area contributed by atoms with Gasteiger partial charge in [-0.2, -0.15) is 0 Å². The zero-order chi connectivity index (χ0) is 18.0. The van der Waals surface area contributed by atoms with Crippen LogP contribution in [0.25, 0.3) is 0 Å². The molecule has 6 heteroatoms. The number of piperidine rings is 1. The minimum absolute atomic E-state index is 0.0519. The molecule has 2 aromatic rings. The second-order valence-corrected chi connectivity index (χ2v) is 6.46. The summed E-state index contributed by atoms with van der Waals surface area (Å²) in [5.41, 5.74) is 2.00. The summed E-state index contributed by atoms with van der Waals surface area (Å²) in [6.07, 6.45) is 2.38. The first kappa shape index (κ1) is 17.4. The molecule has 1 saturated heterocycles. The van der Waals surface area contributed by atoms with Crippen molar-refractivity contribution < 1.29 is 14.0 Å². The van der Waals surface area contributed by atoms with E-state index in [9.17, 15) is 14.0 Å². The standard InChI is InChI=1S/C19H18ClFN2O2/c1-12-8-9-13(11-16(12)23-10-3-2-7-17(23)24)22-19(25)18-14(20)5-4-6-15(18)21/h4-6,8-9,11H,2-3,7,10H2,1H3,(H,22,25). The monoisotopic (exact) mass is 360 g/mol. The maximum absolute atomic E-state index is 13.9. The van der Waals surface area contributed by atoms with Gasteiger partial charge < -0.3 is 10.2 Å². The fraction of sp³-hybridized carbons (Fsp3) is 0.263. The average Bonchev–Trinajstić information content (AvgIpc) is 2.57. The predicted octanol–water partition coefficient (Wildman–Crippen LogP) is 4.56. The van der Waals surface area contributed by atoms with E-state index in [0.717, 1.165) is 24.1 Å². The second kappa shape index (κ2) is 7.23. The molecule has 0 aliphatic carbocycles. The van der Waals surface area contributed by atoms with E-state index in [2.05, 4.69) is 5.32 Å². The zero-order valence-corrected chi connectivity index (χ0v) is 14.6. The predicted molar refractivity (Wildman–Crippen MR) is 96.7 cm³/mol. The lowest BCUT2D eigenvalue weighted by molar-refractivity contribution is -0.119. The molecule has 1 heterocycles. The van der Waals surface area contributed by atoms with E-state index in [1.165, 1.54) is 18.2 Å². The molecule has 3 rings (SSSR count). The fourth-order valence-corrected chi connectivity index (χ4v) is 3.20. The van der Waals surface area contributed by atoms with Crippen molar-refractivity contribution in [3.8, 4) is 0 Å². The first-order chi connectivity index (χ1) is 12.0. The van der Waals surface area contributed by atoms with Crippen molar-refractivity contribution in [2.75, 3.05) is 16.8 Å². The van der Waals surface area contributed by atoms with Gasteiger partial charge in [0.25, 0.3) is 5.91 Å². The molecule has 0 spiro atoms. The summed E-state index contributed by atoms with van der Waals surface area (Å²) < 4.78 is 13.9. The SMILES string of the molecule is Cc1ccc(NC(=O)c2c(F)cccc2Cl)cc1N1CCCCC1=O. The third-order valence-electron chi connectivity index (χ3n) is 4.27. The number of carbonyl (C=O) groups is 2. The van der Waals surface area contributed by atoms with Crippen LogP contribution in [0, 0.1) is 12.7 Å². The summed E-state index contributed by atoms with van der Waals surface area (Å²) in [4.78, 5) is 26.3. The Bertz CT molecular complexity index is 818. The first-order valence-corrected chi connectivity index (χ1v) is 8.51. The molecule has 0 unspecified atom stereocenters. The van der Waals surface area contributed by atoms with E-state index < -0.39 is 11.7 Å². The number of hydrogen-bond acceptors (Lipinski definition) is 2. The number of benzene rings is 2. The Morgan fingerprint density at radius 2 is 2.04 bits per heavy atom. The summed E-state index contributed by atoms with van der Waals surface area (Å²) in [6, 6.07) is 9.39. The molecule has 4 nitrogen and oxygen atoms in total. The van der Waals surface area contributed by atoms with Gasteiger partial charge in [-0.1, -0.05) is 23.7 Å². The highest BCUT2D eigenvalue weighted by molar-refractivity contribution is 6.34. The molecule has 0 radical (unpaired) electrons. The summed E-state index contributed by atoms with van der Waals surface area (Å²) in [5.74, 6) is -1.22. The van der Waals surface area contributed by atoms with Gasteiger partial charge in [-0.15, -0.1) is 0 Å². The number of aryl methyl sites for hydroxylation is 1. The normalized spacial score (nSPS) is 14.5.